The zero-order valence-corrected chi connectivity index (χ0v) is 80.6. The first-order valence-electron chi connectivity index (χ1n) is 45.3. The van der Waals surface area contributed by atoms with Crippen molar-refractivity contribution >= 4 is 81.9 Å². The molecule has 6 aliphatic rings. The van der Waals surface area contributed by atoms with Crippen LogP contribution in [0, 0.1) is 0 Å². The molecule has 750 valence electrons. The second-order valence-corrected chi connectivity index (χ2v) is 33.2. The summed E-state index contributed by atoms with van der Waals surface area (Å²) in [5.74, 6) is -4.22. The molecule has 137 heavy (non-hydrogen) atoms. The molecule has 39 heteroatoms. The number of aromatic nitrogens is 1. The Labute approximate surface area is 804 Å². The third-order valence-electron chi connectivity index (χ3n) is 21.6. The van der Waals surface area contributed by atoms with Crippen LogP contribution in [-0.4, -0.2) is 367 Å². The fraction of sp³-hybridized carbons (Fsp3) is 0.480. The van der Waals surface area contributed by atoms with Crippen molar-refractivity contribution in [1.82, 2.24) is 55.2 Å². The van der Waals surface area contributed by atoms with Crippen LogP contribution in [0.5, 0.6) is 0 Å². The number of amides is 4. The number of ether oxygens (including phenoxy) is 9. The van der Waals surface area contributed by atoms with Crippen LogP contribution in [0.25, 0.3) is 11.3 Å². The molecule has 0 unspecified atom stereocenters. The molecular formula is C98H134ClF3N14O21. The van der Waals surface area contributed by atoms with E-state index >= 15 is 0 Å². The molecule has 9 N–H and O–H groups in total. The molecule has 0 aliphatic carbocycles. The van der Waals surface area contributed by atoms with Crippen molar-refractivity contribution in [2.45, 2.75) is 58.4 Å². The second kappa shape index (κ2) is 62.3. The number of morpholine rings is 5. The molecule has 4 amide bonds. The fourth-order valence-electron chi connectivity index (χ4n) is 13.9. The van der Waals surface area contributed by atoms with Crippen LogP contribution in [0.3, 0.4) is 0 Å². The number of likely N-dealkylation sites (N-methyl/N-ethyl adjacent to an activating group) is 3. The van der Waals surface area contributed by atoms with Crippen LogP contribution in [-0.2, 0) is 55.4 Å². The number of piperidine rings is 1. The molecule has 0 spiro atoms. The zero-order valence-electron chi connectivity index (χ0n) is 79.8. The van der Waals surface area contributed by atoms with Crippen LogP contribution < -0.4 is 32.3 Å². The number of carbonyl (C=O) groups is 10. The minimum Gasteiger partial charge on any atom is -0.478 e. The minimum absolute atomic E-state index is 0.0208. The number of benzene rings is 6. The quantitative estimate of drug-likeness (QED) is 0.0109. The summed E-state index contributed by atoms with van der Waals surface area (Å²) in [7, 11) is 9.34. The smallest absolute Gasteiger partial charge is 0.416 e. The number of halogens is 4. The van der Waals surface area contributed by atoms with Crippen molar-refractivity contribution in [3.05, 3.63) is 219 Å². The Bertz CT molecular complexity index is 4810. The summed E-state index contributed by atoms with van der Waals surface area (Å²) in [6, 6.07) is 38.4. The van der Waals surface area contributed by atoms with Gasteiger partial charge in [-0.15, -0.1) is 0 Å². The molecule has 6 fully saturated rings. The van der Waals surface area contributed by atoms with E-state index in [1.807, 2.05) is 46.0 Å². The molecule has 1 aromatic heterocycles. The van der Waals surface area contributed by atoms with Crippen LogP contribution in [0.2, 0.25) is 0 Å². The number of aromatic carboxylic acids is 2. The number of nitrogens with one attached hydrogen (secondary N) is 3. The predicted molar refractivity (Wildman–Crippen MR) is 514 cm³/mol. The van der Waals surface area contributed by atoms with Crippen molar-refractivity contribution in [2.75, 3.05) is 263 Å². The third-order valence-corrected chi connectivity index (χ3v) is 21.8. The number of hydrogen-bond acceptors (Lipinski definition) is 29. The van der Waals surface area contributed by atoms with Gasteiger partial charge in [-0.1, -0.05) is 42.5 Å². The molecule has 7 heterocycles. The van der Waals surface area contributed by atoms with E-state index in [0.29, 0.717) is 64.4 Å². The van der Waals surface area contributed by atoms with Gasteiger partial charge in [0, 0.05) is 210 Å². The van der Waals surface area contributed by atoms with Crippen LogP contribution in [0.15, 0.2) is 158 Å². The Kier molecular flexibility index (Phi) is 51.8. The SMILES string of the molecule is CC(C)(C)OC(=O)NCCN1CCOCC1.CN(CCN1CCOCC1)C(=O)c1cccc(C(=O)O)c1.CNCCN1CCOCC1.COC(=O)c1cccc(C(=O)Cl)c1.COC(=O)c1cccc(C(=O)N(C)CCN2CCOCC2)c1.COC(=O)c1cccc(C(=O)O)c1.NCCN1CCOCC1.Nc1ccc(N2CCCCC2)cc1-c1cc(C(=O)NCc2cccc(C(F)(F)F)c2)ccn1. The molecule has 6 aromatic carbocycles. The van der Waals surface area contributed by atoms with E-state index in [-0.39, 0.29) is 46.7 Å². The number of alkyl halides is 3. The van der Waals surface area contributed by atoms with Gasteiger partial charge in [-0.3, -0.25) is 48.7 Å². The molecule has 0 bridgehead atoms. The van der Waals surface area contributed by atoms with Gasteiger partial charge in [0.2, 0.25) is 0 Å². The van der Waals surface area contributed by atoms with E-state index in [9.17, 15) is 61.1 Å². The van der Waals surface area contributed by atoms with Crippen molar-refractivity contribution < 1.29 is 114 Å². The van der Waals surface area contributed by atoms with E-state index in [0.717, 1.165) is 227 Å². The lowest BCUT2D eigenvalue weighted by atomic mass is 10.0. The van der Waals surface area contributed by atoms with Gasteiger partial charge >= 0.3 is 42.1 Å². The highest BCUT2D eigenvalue weighted by molar-refractivity contribution is 6.67. The van der Waals surface area contributed by atoms with E-state index in [2.05, 4.69) is 64.5 Å². The normalized spacial score (nSPS) is 15.2. The number of esters is 3. The number of nitrogen functional groups attached to an aromatic ring is 1. The largest absolute Gasteiger partial charge is 0.478 e. The van der Waals surface area contributed by atoms with Gasteiger partial charge in [-0.05, 0) is 173 Å². The van der Waals surface area contributed by atoms with Crippen LogP contribution in [0.4, 0.5) is 29.3 Å². The number of carboxylic acid groups (broad SMARTS) is 2. The van der Waals surface area contributed by atoms with Crippen LogP contribution >= 0.6 is 11.6 Å². The average Bonchev–Trinajstić information content (AvgIpc) is 0.805. The monoisotopic (exact) mass is 1930 g/mol. The number of anilines is 2. The summed E-state index contributed by atoms with van der Waals surface area (Å²) in [4.78, 5) is 136. The maximum absolute atomic E-state index is 12.9. The number of nitrogens with zero attached hydrogens (tertiary/aromatic N) is 9. The van der Waals surface area contributed by atoms with Gasteiger partial charge in [0.15, 0.2) is 0 Å². The Morgan fingerprint density at radius 3 is 1.28 bits per heavy atom. The highest BCUT2D eigenvalue weighted by Gasteiger charge is 2.31. The van der Waals surface area contributed by atoms with Crippen molar-refractivity contribution in [1.29, 1.82) is 0 Å². The lowest BCUT2D eigenvalue weighted by molar-refractivity contribution is -0.137. The van der Waals surface area contributed by atoms with Gasteiger partial charge in [-0.2, -0.15) is 13.2 Å². The molecule has 0 atom stereocenters. The summed E-state index contributed by atoms with van der Waals surface area (Å²) in [6.07, 6.45) is 0.293. The summed E-state index contributed by atoms with van der Waals surface area (Å²) in [5, 5.41) is 25.5. The molecular weight excluding hydrogens is 1800 g/mol. The van der Waals surface area contributed by atoms with Gasteiger partial charge in [0.05, 0.1) is 126 Å². The number of methoxy groups -OCH3 is 3. The molecule has 0 saturated carbocycles. The van der Waals surface area contributed by atoms with Crippen LogP contribution in [0.1, 0.15) is 144 Å². The lowest BCUT2D eigenvalue weighted by Gasteiger charge is -2.29. The number of carbonyl (C=O) groups excluding carboxylic acids is 8. The third kappa shape index (κ3) is 43.7. The van der Waals surface area contributed by atoms with E-state index in [4.69, 9.17) is 61.7 Å². The summed E-state index contributed by atoms with van der Waals surface area (Å²) >= 11 is 5.23. The van der Waals surface area contributed by atoms with E-state index < -0.39 is 58.3 Å². The Morgan fingerprint density at radius 1 is 0.467 bits per heavy atom. The summed E-state index contributed by atoms with van der Waals surface area (Å²) < 4.78 is 83.7. The molecule has 13 rings (SSSR count). The van der Waals surface area contributed by atoms with Gasteiger partial charge in [0.25, 0.3) is 23.0 Å². The van der Waals surface area contributed by atoms with E-state index in [1.165, 1.54) is 88.5 Å². The number of alkyl carbamates (subject to hydrolysis) is 1. The van der Waals surface area contributed by atoms with Crippen molar-refractivity contribution in [3.63, 3.8) is 0 Å². The maximum atomic E-state index is 12.9. The van der Waals surface area contributed by atoms with Gasteiger partial charge in [0.1, 0.15) is 5.60 Å². The molecule has 6 saturated heterocycles. The first-order chi connectivity index (χ1) is 65.6. The van der Waals surface area contributed by atoms with E-state index in [1.54, 1.807) is 90.6 Å². The highest BCUT2D eigenvalue weighted by atomic mass is 35.5. The topological polar surface area (TPSA) is 421 Å². The molecule has 6 aliphatic heterocycles. The minimum atomic E-state index is -4.43. The predicted octanol–water partition coefficient (Wildman–Crippen LogP) is 9.62. The van der Waals surface area contributed by atoms with Gasteiger partial charge < -0.3 is 95.0 Å². The second-order valence-electron chi connectivity index (χ2n) is 32.9. The number of nitrogens with two attached hydrogens (primary N) is 2. The Morgan fingerprint density at radius 2 is 0.861 bits per heavy atom. The molecule has 0 radical (unpaired) electrons. The average molecular weight is 1940 g/mol. The molecule has 7 aromatic rings. The summed E-state index contributed by atoms with van der Waals surface area (Å²) in [6.45, 7) is 33.7. The number of carboxylic acids is 2. The highest BCUT2D eigenvalue weighted by Crippen LogP contribution is 2.32. The zero-order chi connectivity index (χ0) is 100. The number of pyridine rings is 1. The first kappa shape index (κ1) is 114. The van der Waals surface area contributed by atoms with Crippen molar-refractivity contribution in [3.8, 4) is 11.3 Å². The first-order valence-corrected chi connectivity index (χ1v) is 45.7. The molecule has 35 nitrogen and oxygen atoms in total. The number of hydrogen-bond donors (Lipinski definition) is 7. The fourth-order valence-corrected chi connectivity index (χ4v) is 14.0. The standard InChI is InChI=1S/C25H25F3N4O.C16H22N2O4.C15H20N2O4.C11H22N2O3.C9H7ClO3.C9H8O4.C7H16N2O.C6H14N2O/c26-25(27,28)19-6-4-5-17(13-19)16-31-24(33)18-9-10-30-23(14-18)21-15-20(7-8-22(21)29)32-11-2-1-3-12-32;1-17(6-7-18-8-10-22-11-9-18)15(19)13-4-3-5-14(12-13)16(20)21-2;1-16(5-6-17-7-9-21-10-8-17)14(18)12-3-2-4-13(11-12)15(19)20;1-11(2,3)16-10(14)12-4-5-13-6-8-15-9-7-13;2*1-13-9(12)7-4-2-3-6(5-7)8(10)11;1-8-2-3-9-4-6-10-7-5-9;7-1-2-8-3-5-9-6-4-8/h4-10,13-15H,1-3,11-12,16,29H2,(H,31,33);3-5,12H,6-11H2,1-2H3;2-4,11H,5-10H2,1H3,(H,19,20);4-9H2,1-3H3,(H,12,14);2-5H,1H3;2-5H,1H3,(H,10,11);8H,2-7H2,1H3;1-7H2. The Balaban J connectivity index is 0.000000249. The lowest BCUT2D eigenvalue weighted by Crippen LogP contribution is -2.42. The van der Waals surface area contributed by atoms with Gasteiger partial charge in [-0.25, -0.2) is 28.8 Å². The number of rotatable bonds is 27. The maximum Gasteiger partial charge on any atom is 0.416 e. The Hall–Kier alpha value is -11.6. The summed E-state index contributed by atoms with van der Waals surface area (Å²) in [5.41, 5.74) is 16.4. The van der Waals surface area contributed by atoms with Crippen molar-refractivity contribution in [2.24, 2.45) is 5.73 Å².